The molecule has 1 fully saturated rings. The number of nitrogens with zero attached hydrogens (tertiary/aromatic N) is 2. The molecule has 0 aromatic heterocycles. The van der Waals surface area contributed by atoms with Crippen molar-refractivity contribution in [1.29, 1.82) is 0 Å². The van der Waals surface area contributed by atoms with Gasteiger partial charge < -0.3 is 9.64 Å². The van der Waals surface area contributed by atoms with Crippen LogP contribution in [0.5, 0.6) is 5.75 Å². The van der Waals surface area contributed by atoms with Gasteiger partial charge >= 0.3 is 6.18 Å². The number of carbonyl (C=O) groups excluding carboxylic acids is 1. The third-order valence-electron chi connectivity index (χ3n) is 4.64. The molecule has 2 aromatic rings. The average molecular weight is 464 g/mol. The van der Waals surface area contributed by atoms with Gasteiger partial charge in [0.1, 0.15) is 5.82 Å². The lowest BCUT2D eigenvalue weighted by atomic mass is 10.2. The van der Waals surface area contributed by atoms with Crippen LogP contribution in [0.2, 0.25) is 0 Å². The zero-order chi connectivity index (χ0) is 22.8. The van der Waals surface area contributed by atoms with E-state index in [0.717, 1.165) is 34.6 Å². The molecule has 1 saturated heterocycles. The number of carbonyl (C=O) groups is 1. The molecule has 0 spiro atoms. The maximum Gasteiger partial charge on any atom is 0.416 e. The van der Waals surface area contributed by atoms with Crippen molar-refractivity contribution < 1.29 is 39.9 Å². The fourth-order valence-electron chi connectivity index (χ4n) is 2.98. The Balaban J connectivity index is 1.60. The third kappa shape index (κ3) is 5.31. The van der Waals surface area contributed by atoms with E-state index < -0.39 is 50.8 Å². The number of ether oxygens (including phenoxy) is 1. The predicted octanol–water partition coefficient (Wildman–Crippen LogP) is 2.90. The lowest BCUT2D eigenvalue weighted by Crippen LogP contribution is -2.51. The molecule has 3 rings (SSSR count). The van der Waals surface area contributed by atoms with Crippen LogP contribution >= 0.6 is 0 Å². The predicted molar refractivity (Wildman–Crippen MR) is 98.6 cm³/mol. The fourth-order valence-corrected chi connectivity index (χ4v) is 4.45. The first-order valence-corrected chi connectivity index (χ1v) is 10.5. The Morgan fingerprint density at radius 2 is 1.68 bits per heavy atom. The summed E-state index contributed by atoms with van der Waals surface area (Å²) in [5.41, 5.74) is -1.08. The van der Waals surface area contributed by atoms with E-state index in [-0.39, 0.29) is 31.9 Å². The number of alkyl halides is 3. The number of hydrogen-bond donors (Lipinski definition) is 0. The molecular formula is C19H17F5N2O4S. The van der Waals surface area contributed by atoms with Gasteiger partial charge in [-0.3, -0.25) is 4.79 Å². The van der Waals surface area contributed by atoms with Crippen LogP contribution in [0.4, 0.5) is 22.0 Å². The summed E-state index contributed by atoms with van der Waals surface area (Å²) in [6.45, 7) is -0.841. The quantitative estimate of drug-likeness (QED) is 0.639. The van der Waals surface area contributed by atoms with Crippen molar-refractivity contribution in [3.8, 4) is 5.75 Å². The van der Waals surface area contributed by atoms with Gasteiger partial charge in [-0.25, -0.2) is 17.2 Å². The largest absolute Gasteiger partial charge is 0.481 e. The van der Waals surface area contributed by atoms with Crippen molar-refractivity contribution >= 4 is 15.9 Å². The topological polar surface area (TPSA) is 66.9 Å². The molecule has 1 heterocycles. The first-order valence-electron chi connectivity index (χ1n) is 9.01. The molecule has 31 heavy (non-hydrogen) atoms. The Morgan fingerprint density at radius 3 is 2.29 bits per heavy atom. The highest BCUT2D eigenvalue weighted by molar-refractivity contribution is 7.89. The zero-order valence-corrected chi connectivity index (χ0v) is 16.7. The van der Waals surface area contributed by atoms with Crippen LogP contribution in [0.15, 0.2) is 47.4 Å². The number of sulfonamides is 1. The Morgan fingerprint density at radius 1 is 1.00 bits per heavy atom. The monoisotopic (exact) mass is 464 g/mol. The smallest absolute Gasteiger partial charge is 0.416 e. The molecule has 0 unspecified atom stereocenters. The number of amides is 1. The summed E-state index contributed by atoms with van der Waals surface area (Å²) in [7, 11) is -4.18. The minimum absolute atomic E-state index is 0.0215. The first kappa shape index (κ1) is 22.9. The van der Waals surface area contributed by atoms with E-state index >= 15 is 0 Å². The molecule has 1 amide bonds. The normalized spacial score (nSPS) is 15.7. The number of rotatable bonds is 5. The van der Waals surface area contributed by atoms with Crippen molar-refractivity contribution in [2.75, 3.05) is 32.8 Å². The van der Waals surface area contributed by atoms with E-state index in [1.54, 1.807) is 0 Å². The molecular weight excluding hydrogens is 447 g/mol. The highest BCUT2D eigenvalue weighted by Gasteiger charge is 2.34. The SMILES string of the molecule is O=C(COc1ccc(F)cc1F)N1CCN(S(=O)(=O)c2cccc(C(F)(F)F)c2)CC1. The van der Waals surface area contributed by atoms with Gasteiger partial charge in [0.15, 0.2) is 18.2 Å². The molecule has 1 aliphatic rings. The van der Waals surface area contributed by atoms with Gasteiger partial charge in [0, 0.05) is 32.2 Å². The van der Waals surface area contributed by atoms with E-state index in [9.17, 15) is 35.2 Å². The van der Waals surface area contributed by atoms with Crippen LogP contribution in [0.1, 0.15) is 5.56 Å². The van der Waals surface area contributed by atoms with Crippen molar-refractivity contribution in [2.45, 2.75) is 11.1 Å². The Kier molecular flexibility index (Phi) is 6.51. The molecule has 168 valence electrons. The molecule has 0 atom stereocenters. The second-order valence-corrected chi connectivity index (χ2v) is 8.61. The Hall–Kier alpha value is -2.73. The fraction of sp³-hybridized carbons (Fsp3) is 0.316. The Bertz CT molecular complexity index is 1070. The van der Waals surface area contributed by atoms with Gasteiger partial charge in [0.25, 0.3) is 5.91 Å². The number of benzene rings is 2. The van der Waals surface area contributed by atoms with Crippen LogP contribution in [0.3, 0.4) is 0 Å². The summed E-state index contributed by atoms with van der Waals surface area (Å²) in [6.07, 6.45) is -4.68. The summed E-state index contributed by atoms with van der Waals surface area (Å²) in [6, 6.07) is 6.06. The molecule has 6 nitrogen and oxygen atoms in total. The van der Waals surface area contributed by atoms with Gasteiger partial charge in [-0.05, 0) is 30.3 Å². The molecule has 0 aliphatic carbocycles. The molecule has 0 N–H and O–H groups in total. The van der Waals surface area contributed by atoms with Gasteiger partial charge in [-0.2, -0.15) is 17.5 Å². The highest BCUT2D eigenvalue weighted by atomic mass is 32.2. The van der Waals surface area contributed by atoms with Crippen LogP contribution in [0.25, 0.3) is 0 Å². The van der Waals surface area contributed by atoms with Crippen LogP contribution in [-0.2, 0) is 21.0 Å². The summed E-state index contributed by atoms with van der Waals surface area (Å²) in [5, 5.41) is 0. The van der Waals surface area contributed by atoms with E-state index in [1.807, 2.05) is 0 Å². The van der Waals surface area contributed by atoms with E-state index in [0.29, 0.717) is 12.1 Å². The van der Waals surface area contributed by atoms with Crippen molar-refractivity contribution in [3.63, 3.8) is 0 Å². The highest BCUT2D eigenvalue weighted by Crippen LogP contribution is 2.31. The average Bonchev–Trinajstić information content (AvgIpc) is 2.72. The van der Waals surface area contributed by atoms with Crippen molar-refractivity contribution in [1.82, 2.24) is 9.21 Å². The van der Waals surface area contributed by atoms with Gasteiger partial charge in [-0.15, -0.1) is 0 Å². The van der Waals surface area contributed by atoms with Gasteiger partial charge in [-0.1, -0.05) is 6.07 Å². The molecule has 0 radical (unpaired) electrons. The summed E-state index contributed by atoms with van der Waals surface area (Å²) < 4.78 is 96.5. The standard InChI is InChI=1S/C19H17F5N2O4S/c20-14-4-5-17(16(21)11-14)30-12-18(27)25-6-8-26(9-7-25)31(28,29)15-3-1-2-13(10-15)19(22,23)24/h1-5,10-11H,6-9,12H2. The summed E-state index contributed by atoms with van der Waals surface area (Å²) >= 11 is 0. The van der Waals surface area contributed by atoms with E-state index in [4.69, 9.17) is 4.74 Å². The Labute approximate surface area is 174 Å². The number of piperazine rings is 1. The molecule has 0 bridgehead atoms. The molecule has 2 aromatic carbocycles. The minimum atomic E-state index is -4.68. The van der Waals surface area contributed by atoms with Crippen LogP contribution < -0.4 is 4.74 Å². The lowest BCUT2D eigenvalue weighted by Gasteiger charge is -2.34. The lowest BCUT2D eigenvalue weighted by molar-refractivity contribution is -0.138. The van der Waals surface area contributed by atoms with Gasteiger partial charge in [0.05, 0.1) is 10.5 Å². The first-order chi connectivity index (χ1) is 14.5. The van der Waals surface area contributed by atoms with Crippen LogP contribution in [-0.4, -0.2) is 56.3 Å². The van der Waals surface area contributed by atoms with Crippen LogP contribution in [0, 0.1) is 11.6 Å². The number of hydrogen-bond acceptors (Lipinski definition) is 4. The molecule has 1 aliphatic heterocycles. The maximum absolute atomic E-state index is 13.6. The third-order valence-corrected chi connectivity index (χ3v) is 6.53. The second-order valence-electron chi connectivity index (χ2n) is 6.67. The minimum Gasteiger partial charge on any atom is -0.481 e. The maximum atomic E-state index is 13.6. The molecule has 12 heteroatoms. The van der Waals surface area contributed by atoms with E-state index in [1.165, 1.54) is 4.90 Å². The van der Waals surface area contributed by atoms with Crippen molar-refractivity contribution in [3.05, 3.63) is 59.7 Å². The zero-order valence-electron chi connectivity index (χ0n) is 15.9. The van der Waals surface area contributed by atoms with Crippen molar-refractivity contribution in [2.24, 2.45) is 0 Å². The number of halogens is 5. The molecule has 0 saturated carbocycles. The summed E-state index contributed by atoms with van der Waals surface area (Å²) in [5.74, 6) is -2.61. The van der Waals surface area contributed by atoms with Gasteiger partial charge in [0.2, 0.25) is 10.0 Å². The summed E-state index contributed by atoms with van der Waals surface area (Å²) in [4.78, 5) is 13.0. The second kappa shape index (κ2) is 8.79. The van der Waals surface area contributed by atoms with E-state index in [2.05, 4.69) is 0 Å².